The van der Waals surface area contributed by atoms with Crippen molar-refractivity contribution in [2.45, 2.75) is 6.42 Å². The first-order valence-corrected chi connectivity index (χ1v) is 8.80. The van der Waals surface area contributed by atoms with E-state index in [2.05, 4.69) is 16.2 Å². The highest BCUT2D eigenvalue weighted by molar-refractivity contribution is 7.98. The van der Waals surface area contributed by atoms with Gasteiger partial charge >= 0.3 is 0 Å². The van der Waals surface area contributed by atoms with Crippen LogP contribution in [0.1, 0.15) is 6.42 Å². The van der Waals surface area contributed by atoms with E-state index < -0.39 is 0 Å². The summed E-state index contributed by atoms with van der Waals surface area (Å²) in [6.07, 6.45) is 8.54. The Kier molecular flexibility index (Phi) is 5.02. The predicted octanol–water partition coefficient (Wildman–Crippen LogP) is 3.54. The summed E-state index contributed by atoms with van der Waals surface area (Å²) < 4.78 is 13.2. The molecule has 2 aromatic heterocycles. The lowest BCUT2D eigenvalue weighted by Crippen LogP contribution is -2.00. The smallest absolute Gasteiger partial charge is 0.140 e. The van der Waals surface area contributed by atoms with Gasteiger partial charge in [-0.15, -0.1) is 0 Å². The lowest BCUT2D eigenvalue weighted by molar-refractivity contribution is 0.317. The van der Waals surface area contributed by atoms with Crippen molar-refractivity contribution in [2.75, 3.05) is 25.7 Å². The Bertz CT molecular complexity index is 755. The molecule has 23 heavy (non-hydrogen) atoms. The molecule has 0 bridgehead atoms. The molecule has 2 heterocycles. The van der Waals surface area contributed by atoms with Gasteiger partial charge in [-0.1, -0.05) is 0 Å². The van der Waals surface area contributed by atoms with Crippen molar-refractivity contribution >= 4 is 17.4 Å². The number of thioether (sulfide) groups is 1. The first-order chi connectivity index (χ1) is 11.3. The number of ether oxygens (including phenoxy) is 2. The third-order valence-corrected chi connectivity index (χ3v) is 4.17. The number of aromatic nitrogens is 3. The highest BCUT2D eigenvalue weighted by Crippen LogP contribution is 2.33. The number of benzene rings is 1. The molecule has 0 spiro atoms. The lowest BCUT2D eigenvalue weighted by atomic mass is 10.1. The van der Waals surface area contributed by atoms with Crippen molar-refractivity contribution in [3.05, 3.63) is 43.0 Å². The number of hydrogen-bond donors (Lipinski definition) is 0. The van der Waals surface area contributed by atoms with Gasteiger partial charge in [-0.25, -0.2) is 9.97 Å². The van der Waals surface area contributed by atoms with Crippen LogP contribution in [0, 0.1) is 0 Å². The van der Waals surface area contributed by atoms with Crippen molar-refractivity contribution in [3.63, 3.8) is 0 Å². The normalized spacial score (nSPS) is 10.9. The van der Waals surface area contributed by atoms with Crippen molar-refractivity contribution in [1.82, 2.24) is 14.4 Å². The van der Waals surface area contributed by atoms with Crippen LogP contribution in [0.4, 0.5) is 0 Å². The quantitative estimate of drug-likeness (QED) is 0.621. The minimum atomic E-state index is 0.677. The van der Waals surface area contributed by atoms with Crippen LogP contribution in [0.2, 0.25) is 0 Å². The standard InChI is InChI=1S/C17H19N3O2S/c1-21-13-4-5-14(16(10-13)22-8-3-9-23-2)15-11-20-12-18-7-6-17(20)19-15/h4-7,10-12H,3,8-9H2,1-2H3. The molecule has 0 fully saturated rings. The van der Waals surface area contributed by atoms with E-state index in [1.165, 1.54) is 0 Å². The first kappa shape index (κ1) is 15.7. The molecule has 0 radical (unpaired) electrons. The van der Waals surface area contributed by atoms with Gasteiger partial charge in [-0.3, -0.25) is 4.40 Å². The van der Waals surface area contributed by atoms with Gasteiger partial charge in [0.15, 0.2) is 0 Å². The zero-order valence-corrected chi connectivity index (χ0v) is 14.0. The summed E-state index contributed by atoms with van der Waals surface area (Å²) in [6.45, 7) is 0.677. The first-order valence-electron chi connectivity index (χ1n) is 7.40. The molecule has 120 valence electrons. The van der Waals surface area contributed by atoms with Gasteiger partial charge < -0.3 is 9.47 Å². The summed E-state index contributed by atoms with van der Waals surface area (Å²) in [7, 11) is 1.66. The van der Waals surface area contributed by atoms with Gasteiger partial charge in [0, 0.05) is 24.0 Å². The molecule has 0 aliphatic heterocycles. The van der Waals surface area contributed by atoms with Gasteiger partial charge in [0.05, 0.1) is 19.4 Å². The minimum absolute atomic E-state index is 0.677. The van der Waals surface area contributed by atoms with Gasteiger partial charge in [-0.05, 0) is 36.6 Å². The van der Waals surface area contributed by atoms with Gasteiger partial charge in [0.2, 0.25) is 0 Å². The lowest BCUT2D eigenvalue weighted by Gasteiger charge is -2.11. The summed E-state index contributed by atoms with van der Waals surface area (Å²) in [5.74, 6) is 2.65. The van der Waals surface area contributed by atoms with E-state index in [1.54, 1.807) is 19.6 Å². The van der Waals surface area contributed by atoms with Crippen LogP contribution in [-0.4, -0.2) is 40.1 Å². The van der Waals surface area contributed by atoms with Crippen LogP contribution >= 0.6 is 11.8 Å². The Morgan fingerprint density at radius 1 is 1.26 bits per heavy atom. The second-order valence-electron chi connectivity index (χ2n) is 5.03. The fourth-order valence-electron chi connectivity index (χ4n) is 2.32. The summed E-state index contributed by atoms with van der Waals surface area (Å²) in [6, 6.07) is 7.70. The van der Waals surface area contributed by atoms with E-state index >= 15 is 0 Å². The molecule has 0 saturated carbocycles. The molecular formula is C17H19N3O2S. The van der Waals surface area contributed by atoms with Crippen molar-refractivity contribution in [1.29, 1.82) is 0 Å². The number of methoxy groups -OCH3 is 1. The van der Waals surface area contributed by atoms with E-state index in [0.29, 0.717) is 6.61 Å². The second-order valence-corrected chi connectivity index (χ2v) is 6.01. The average molecular weight is 329 g/mol. The predicted molar refractivity (Wildman–Crippen MR) is 93.5 cm³/mol. The molecule has 0 amide bonds. The summed E-state index contributed by atoms with van der Waals surface area (Å²) in [5.41, 5.74) is 2.68. The Hall–Kier alpha value is -2.21. The molecule has 0 N–H and O–H groups in total. The van der Waals surface area contributed by atoms with Crippen LogP contribution in [0.15, 0.2) is 43.0 Å². The fourth-order valence-corrected chi connectivity index (χ4v) is 2.73. The monoisotopic (exact) mass is 329 g/mol. The van der Waals surface area contributed by atoms with E-state index in [4.69, 9.17) is 9.47 Å². The van der Waals surface area contributed by atoms with Crippen molar-refractivity contribution in [3.8, 4) is 22.8 Å². The van der Waals surface area contributed by atoms with E-state index in [9.17, 15) is 0 Å². The van der Waals surface area contributed by atoms with Crippen LogP contribution in [-0.2, 0) is 0 Å². The van der Waals surface area contributed by atoms with Crippen molar-refractivity contribution < 1.29 is 9.47 Å². The SMILES string of the molecule is COc1ccc(-c2cn3cnccc3n2)c(OCCCSC)c1. The third-order valence-electron chi connectivity index (χ3n) is 3.48. The largest absolute Gasteiger partial charge is 0.497 e. The number of hydrogen-bond acceptors (Lipinski definition) is 5. The van der Waals surface area contributed by atoms with Crippen molar-refractivity contribution in [2.24, 2.45) is 0 Å². The maximum Gasteiger partial charge on any atom is 0.140 e. The average Bonchev–Trinajstić information content (AvgIpc) is 3.02. The van der Waals surface area contributed by atoms with Gasteiger partial charge in [0.25, 0.3) is 0 Å². The number of fused-ring (bicyclic) bond motifs is 1. The number of nitrogens with zero attached hydrogens (tertiary/aromatic N) is 3. The highest BCUT2D eigenvalue weighted by atomic mass is 32.2. The van der Waals surface area contributed by atoms with Crippen LogP contribution in [0.5, 0.6) is 11.5 Å². The van der Waals surface area contributed by atoms with E-state index in [1.807, 2.05) is 46.6 Å². The Labute approximate surface area is 139 Å². The maximum absolute atomic E-state index is 5.97. The fraction of sp³-hybridized carbons (Fsp3) is 0.294. The molecule has 0 aliphatic rings. The molecule has 3 aromatic rings. The summed E-state index contributed by atoms with van der Waals surface area (Å²) in [5, 5.41) is 0. The molecular weight excluding hydrogens is 310 g/mol. The van der Waals surface area contributed by atoms with Crippen LogP contribution in [0.25, 0.3) is 16.9 Å². The maximum atomic E-state index is 5.97. The molecule has 0 saturated heterocycles. The Balaban J connectivity index is 1.93. The molecule has 6 heteroatoms. The van der Waals surface area contributed by atoms with Gasteiger partial charge in [0.1, 0.15) is 23.5 Å². The van der Waals surface area contributed by atoms with Crippen LogP contribution in [0.3, 0.4) is 0 Å². The summed E-state index contributed by atoms with van der Waals surface area (Å²) in [4.78, 5) is 8.75. The Morgan fingerprint density at radius 3 is 2.96 bits per heavy atom. The molecule has 3 rings (SSSR count). The minimum Gasteiger partial charge on any atom is -0.497 e. The van der Waals surface area contributed by atoms with E-state index in [-0.39, 0.29) is 0 Å². The second kappa shape index (κ2) is 7.37. The molecule has 0 atom stereocenters. The highest BCUT2D eigenvalue weighted by Gasteiger charge is 2.12. The van der Waals surface area contributed by atoms with E-state index in [0.717, 1.165) is 40.6 Å². The van der Waals surface area contributed by atoms with Crippen LogP contribution < -0.4 is 9.47 Å². The molecule has 0 aliphatic carbocycles. The zero-order valence-electron chi connectivity index (χ0n) is 13.2. The van der Waals surface area contributed by atoms with Gasteiger partial charge in [-0.2, -0.15) is 11.8 Å². The Morgan fingerprint density at radius 2 is 2.17 bits per heavy atom. The topological polar surface area (TPSA) is 48.7 Å². The zero-order chi connectivity index (χ0) is 16.1. The third kappa shape index (κ3) is 3.59. The molecule has 1 aromatic carbocycles. The number of imidazole rings is 1. The molecule has 0 unspecified atom stereocenters. The summed E-state index contributed by atoms with van der Waals surface area (Å²) >= 11 is 1.82. The number of rotatable bonds is 7. The molecule has 5 nitrogen and oxygen atoms in total.